The van der Waals surface area contributed by atoms with E-state index in [1.165, 1.54) is 11.6 Å². The van der Waals surface area contributed by atoms with E-state index >= 15 is 0 Å². The summed E-state index contributed by atoms with van der Waals surface area (Å²) >= 11 is 12.1. The first-order valence-electron chi connectivity index (χ1n) is 8.62. The summed E-state index contributed by atoms with van der Waals surface area (Å²) in [6, 6.07) is 6.95. The maximum Gasteiger partial charge on any atom is 0.312 e. The van der Waals surface area contributed by atoms with Gasteiger partial charge in [0, 0.05) is 21.8 Å². The minimum Gasteiger partial charge on any atom is -0.308 e. The minimum atomic E-state index is -0.501. The van der Waals surface area contributed by atoms with Gasteiger partial charge in [0.05, 0.1) is 11.5 Å². The fourth-order valence-corrected chi connectivity index (χ4v) is 3.43. The fraction of sp³-hybridized carbons (Fsp3) is 0.278. The Kier molecular flexibility index (Phi) is 5.90. The van der Waals surface area contributed by atoms with E-state index in [-0.39, 0.29) is 23.8 Å². The molecule has 0 bridgehead atoms. The van der Waals surface area contributed by atoms with Gasteiger partial charge >= 0.3 is 5.69 Å². The summed E-state index contributed by atoms with van der Waals surface area (Å²) in [5.74, 6) is -0.0201. The van der Waals surface area contributed by atoms with Gasteiger partial charge in [-0.1, -0.05) is 29.3 Å². The van der Waals surface area contributed by atoms with E-state index in [1.807, 2.05) is 13.0 Å². The van der Waals surface area contributed by atoms with Gasteiger partial charge in [0.2, 0.25) is 5.91 Å². The lowest BCUT2D eigenvalue weighted by Gasteiger charge is -2.07. The Balaban J connectivity index is 1.71. The highest BCUT2D eigenvalue weighted by molar-refractivity contribution is 6.35. The average Bonchev–Trinajstić information content (AvgIpc) is 3.09. The highest BCUT2D eigenvalue weighted by Gasteiger charge is 2.23. The van der Waals surface area contributed by atoms with Crippen molar-refractivity contribution in [3.05, 3.63) is 67.1 Å². The van der Waals surface area contributed by atoms with Crippen LogP contribution in [0, 0.1) is 30.9 Å². The lowest BCUT2D eigenvalue weighted by atomic mass is 10.2. The van der Waals surface area contributed by atoms with Crippen LogP contribution in [0.3, 0.4) is 0 Å². The summed E-state index contributed by atoms with van der Waals surface area (Å²) in [6.07, 6.45) is 0. The average molecular weight is 437 g/mol. The van der Waals surface area contributed by atoms with E-state index in [9.17, 15) is 14.9 Å². The van der Waals surface area contributed by atoms with Gasteiger partial charge in [-0.05, 0) is 38.5 Å². The van der Waals surface area contributed by atoms with E-state index in [4.69, 9.17) is 23.2 Å². The molecule has 0 saturated heterocycles. The van der Waals surface area contributed by atoms with Gasteiger partial charge in [0.25, 0.3) is 0 Å². The number of amides is 1. The molecule has 0 saturated carbocycles. The van der Waals surface area contributed by atoms with Crippen LogP contribution in [0.25, 0.3) is 0 Å². The van der Waals surface area contributed by atoms with Gasteiger partial charge in [-0.15, -0.1) is 0 Å². The molecule has 3 rings (SSSR count). The predicted octanol–water partition coefficient (Wildman–Crippen LogP) is 3.91. The van der Waals surface area contributed by atoms with Crippen molar-refractivity contribution in [2.24, 2.45) is 0 Å². The van der Waals surface area contributed by atoms with E-state index < -0.39 is 4.92 Å². The van der Waals surface area contributed by atoms with Crippen LogP contribution in [-0.4, -0.2) is 30.4 Å². The predicted molar refractivity (Wildman–Crippen MR) is 110 cm³/mol. The van der Waals surface area contributed by atoms with Crippen LogP contribution in [0.5, 0.6) is 0 Å². The third kappa shape index (κ3) is 4.57. The van der Waals surface area contributed by atoms with Crippen LogP contribution in [0.1, 0.15) is 22.6 Å². The summed E-state index contributed by atoms with van der Waals surface area (Å²) in [6.45, 7) is 5.21. The molecule has 2 aromatic heterocycles. The van der Waals surface area contributed by atoms with Crippen LogP contribution >= 0.6 is 23.2 Å². The van der Waals surface area contributed by atoms with E-state index in [2.05, 4.69) is 15.5 Å². The Labute approximate surface area is 176 Å². The molecule has 0 aliphatic carbocycles. The Morgan fingerprint density at radius 2 is 1.90 bits per heavy atom. The molecule has 11 heteroatoms. The number of anilines is 1. The highest BCUT2D eigenvalue weighted by Crippen LogP contribution is 2.23. The van der Waals surface area contributed by atoms with Crippen LogP contribution in [0.15, 0.2) is 24.3 Å². The number of benzene rings is 1. The van der Waals surface area contributed by atoms with Crippen LogP contribution in [-0.2, 0) is 17.9 Å². The molecule has 0 aliphatic rings. The second-order valence-electron chi connectivity index (χ2n) is 6.55. The number of hydrogen-bond acceptors (Lipinski definition) is 5. The molecule has 0 fully saturated rings. The Bertz CT molecular complexity index is 1110. The maximum absolute atomic E-state index is 12.4. The number of nitrogens with zero attached hydrogens (tertiary/aromatic N) is 5. The molecular formula is C18H18Cl2N6O3. The molecule has 0 atom stereocenters. The highest BCUT2D eigenvalue weighted by atomic mass is 35.5. The lowest BCUT2D eigenvalue weighted by Crippen LogP contribution is -2.20. The summed E-state index contributed by atoms with van der Waals surface area (Å²) in [5, 5.41) is 23.3. The van der Waals surface area contributed by atoms with Gasteiger partial charge < -0.3 is 5.32 Å². The fourth-order valence-electron chi connectivity index (χ4n) is 2.97. The molecular weight excluding hydrogens is 419 g/mol. The van der Waals surface area contributed by atoms with Gasteiger partial charge in [-0.3, -0.25) is 24.3 Å². The summed E-state index contributed by atoms with van der Waals surface area (Å²) in [7, 11) is 0. The Morgan fingerprint density at radius 1 is 1.17 bits per heavy atom. The minimum absolute atomic E-state index is 0.0854. The first kappa shape index (κ1) is 20.8. The molecule has 152 valence electrons. The van der Waals surface area contributed by atoms with E-state index in [0.29, 0.717) is 28.1 Å². The number of nitrogens with one attached hydrogen (secondary N) is 1. The molecule has 2 heterocycles. The second kappa shape index (κ2) is 8.22. The van der Waals surface area contributed by atoms with Crippen molar-refractivity contribution in [2.45, 2.75) is 33.9 Å². The first-order valence-corrected chi connectivity index (χ1v) is 9.38. The lowest BCUT2D eigenvalue weighted by molar-refractivity contribution is -0.386. The smallest absolute Gasteiger partial charge is 0.308 e. The largest absolute Gasteiger partial charge is 0.312 e. The number of halogens is 2. The van der Waals surface area contributed by atoms with E-state index in [0.717, 1.165) is 11.3 Å². The molecule has 0 aliphatic heterocycles. The zero-order valence-electron chi connectivity index (χ0n) is 15.9. The number of carbonyl (C=O) groups is 1. The number of nitro groups is 1. The quantitative estimate of drug-likeness (QED) is 0.465. The number of hydrogen-bond donors (Lipinski definition) is 1. The van der Waals surface area contributed by atoms with E-state index in [1.54, 1.807) is 29.8 Å². The van der Waals surface area contributed by atoms with Crippen LogP contribution < -0.4 is 5.32 Å². The monoisotopic (exact) mass is 436 g/mol. The van der Waals surface area contributed by atoms with Gasteiger partial charge in [-0.2, -0.15) is 10.2 Å². The molecule has 0 spiro atoms. The van der Waals surface area contributed by atoms with Gasteiger partial charge in [-0.25, -0.2) is 0 Å². The Hall–Kier alpha value is -2.91. The zero-order chi connectivity index (χ0) is 21.3. The van der Waals surface area contributed by atoms with Crippen molar-refractivity contribution in [3.63, 3.8) is 0 Å². The molecule has 3 aromatic rings. The SMILES string of the molecule is Cc1nn(CC(=O)Nc2cc(C)n(Cc3ccc(Cl)cc3Cl)n2)c(C)c1[N+](=O)[O-]. The van der Waals surface area contributed by atoms with Crippen molar-refractivity contribution in [1.82, 2.24) is 19.6 Å². The Morgan fingerprint density at radius 3 is 2.52 bits per heavy atom. The van der Waals surface area contributed by atoms with Crippen molar-refractivity contribution >= 4 is 40.6 Å². The third-order valence-corrected chi connectivity index (χ3v) is 4.99. The van der Waals surface area contributed by atoms with Gasteiger partial charge in [0.1, 0.15) is 17.9 Å². The molecule has 1 amide bonds. The molecule has 29 heavy (non-hydrogen) atoms. The molecule has 1 aromatic carbocycles. The summed E-state index contributed by atoms with van der Waals surface area (Å²) in [4.78, 5) is 23.0. The van der Waals surface area contributed by atoms with Crippen molar-refractivity contribution in [1.29, 1.82) is 0 Å². The third-order valence-electron chi connectivity index (χ3n) is 4.40. The number of aromatic nitrogens is 4. The number of carbonyl (C=O) groups excluding carboxylic acids is 1. The first-order chi connectivity index (χ1) is 13.7. The number of aryl methyl sites for hydroxylation is 2. The second-order valence-corrected chi connectivity index (χ2v) is 7.39. The topological polar surface area (TPSA) is 108 Å². The number of rotatable bonds is 6. The van der Waals surface area contributed by atoms with Crippen molar-refractivity contribution < 1.29 is 9.72 Å². The molecule has 9 nitrogen and oxygen atoms in total. The molecule has 0 radical (unpaired) electrons. The maximum atomic E-state index is 12.4. The van der Waals surface area contributed by atoms with Gasteiger partial charge in [0.15, 0.2) is 5.82 Å². The molecule has 1 N–H and O–H groups in total. The van der Waals surface area contributed by atoms with Crippen LogP contribution in [0.4, 0.5) is 11.5 Å². The zero-order valence-corrected chi connectivity index (χ0v) is 17.5. The van der Waals surface area contributed by atoms with Crippen molar-refractivity contribution in [3.8, 4) is 0 Å². The van der Waals surface area contributed by atoms with Crippen LogP contribution in [0.2, 0.25) is 10.0 Å². The standard InChI is InChI=1S/C18H18Cl2N6O3/c1-10-6-16(23-24(10)8-13-4-5-14(19)7-15(13)20)21-17(27)9-25-12(3)18(26(28)29)11(2)22-25/h4-7H,8-9H2,1-3H3,(H,21,23,27). The summed E-state index contributed by atoms with van der Waals surface area (Å²) < 4.78 is 3.01. The molecule has 0 unspecified atom stereocenters. The summed E-state index contributed by atoms with van der Waals surface area (Å²) in [5.41, 5.74) is 2.17. The van der Waals surface area contributed by atoms with Crippen molar-refractivity contribution in [2.75, 3.05) is 5.32 Å². The normalized spacial score (nSPS) is 10.9.